The molecule has 5 nitrogen and oxygen atoms in total. The number of rotatable bonds is 6. The fourth-order valence-electron chi connectivity index (χ4n) is 3.89. The fourth-order valence-corrected chi connectivity index (χ4v) is 4.67. The van der Waals surface area contributed by atoms with E-state index in [1.807, 2.05) is 0 Å². The van der Waals surface area contributed by atoms with Crippen molar-refractivity contribution in [2.75, 3.05) is 26.2 Å². The average molecular weight is 371 g/mol. The van der Waals surface area contributed by atoms with Crippen LogP contribution in [0.1, 0.15) is 23.4 Å². The van der Waals surface area contributed by atoms with E-state index in [0.717, 1.165) is 49.8 Å². The van der Waals surface area contributed by atoms with Gasteiger partial charge in [0.2, 0.25) is 0 Å². The largest absolute Gasteiger partial charge is 0.396 e. The van der Waals surface area contributed by atoms with E-state index in [4.69, 9.17) is 0 Å². The Morgan fingerprint density at radius 3 is 2.85 bits per heavy atom. The molecule has 3 aromatic rings. The van der Waals surface area contributed by atoms with Crippen molar-refractivity contribution >= 4 is 16.3 Å². The lowest BCUT2D eigenvalue weighted by atomic mass is 10.1. The van der Waals surface area contributed by atoms with Crippen LogP contribution < -0.4 is 0 Å². The van der Waals surface area contributed by atoms with Gasteiger partial charge in [0.05, 0.1) is 11.4 Å². The highest BCUT2D eigenvalue weighted by Crippen LogP contribution is 2.22. The Bertz CT molecular complexity index is 844. The van der Waals surface area contributed by atoms with E-state index in [1.54, 1.807) is 11.3 Å². The second kappa shape index (κ2) is 7.88. The number of aliphatic hydroxyl groups is 1. The molecule has 0 unspecified atom stereocenters. The van der Waals surface area contributed by atoms with Gasteiger partial charge in [-0.05, 0) is 18.9 Å². The van der Waals surface area contributed by atoms with E-state index >= 15 is 0 Å². The zero-order valence-corrected chi connectivity index (χ0v) is 16.0. The molecule has 0 spiro atoms. The van der Waals surface area contributed by atoms with Crippen molar-refractivity contribution in [3.8, 4) is 0 Å². The predicted octanol–water partition coefficient (Wildman–Crippen LogP) is 2.77. The monoisotopic (exact) mass is 370 g/mol. The Hall–Kier alpha value is -1.73. The first-order valence-corrected chi connectivity index (χ1v) is 10.1. The number of hydrogen-bond donors (Lipinski definition) is 1. The third kappa shape index (κ3) is 3.69. The summed E-state index contributed by atoms with van der Waals surface area (Å²) in [6.07, 6.45) is 2.94. The maximum Gasteiger partial charge on any atom is 0.194 e. The van der Waals surface area contributed by atoms with Gasteiger partial charge < -0.3 is 5.11 Å². The first-order valence-electron chi connectivity index (χ1n) is 9.27. The normalized spacial score (nSPS) is 19.4. The summed E-state index contributed by atoms with van der Waals surface area (Å²) < 4.78 is 2.22. The Balaban J connectivity index is 1.45. The molecule has 0 bridgehead atoms. The molecule has 1 aromatic carbocycles. The molecule has 1 aliphatic rings. The van der Waals surface area contributed by atoms with Gasteiger partial charge in [-0.15, -0.1) is 11.3 Å². The van der Waals surface area contributed by atoms with Crippen LogP contribution in [0.5, 0.6) is 0 Å². The van der Waals surface area contributed by atoms with Crippen LogP contribution in [0.25, 0.3) is 4.96 Å². The highest BCUT2D eigenvalue weighted by atomic mass is 32.1. The fraction of sp³-hybridized carbons (Fsp3) is 0.450. The summed E-state index contributed by atoms with van der Waals surface area (Å²) in [6.45, 7) is 7.29. The minimum atomic E-state index is 0.240. The van der Waals surface area contributed by atoms with Gasteiger partial charge in [-0.3, -0.25) is 14.2 Å². The topological polar surface area (TPSA) is 44.0 Å². The number of hydrogen-bond acceptors (Lipinski definition) is 5. The third-order valence-corrected chi connectivity index (χ3v) is 6.07. The van der Waals surface area contributed by atoms with E-state index < -0.39 is 0 Å². The predicted molar refractivity (Wildman–Crippen MR) is 105 cm³/mol. The molecule has 138 valence electrons. The van der Waals surface area contributed by atoms with Gasteiger partial charge in [0, 0.05) is 56.9 Å². The first kappa shape index (κ1) is 17.7. The van der Waals surface area contributed by atoms with Crippen LogP contribution in [-0.2, 0) is 13.1 Å². The standard InChI is InChI=1S/C20H26N4OS/c1-16-19(24-10-12-26-20(24)21-16)15-22-8-9-23(18(14-22)7-11-25)13-17-5-3-2-4-6-17/h2-6,10,12,18,25H,7-9,11,13-15H2,1H3/t18-/m0/s1. The molecule has 0 aliphatic carbocycles. The Morgan fingerprint density at radius 1 is 1.19 bits per heavy atom. The zero-order valence-electron chi connectivity index (χ0n) is 15.2. The van der Waals surface area contributed by atoms with Gasteiger partial charge in [-0.1, -0.05) is 30.3 Å². The van der Waals surface area contributed by atoms with E-state index in [0.29, 0.717) is 6.04 Å². The number of benzene rings is 1. The number of aliphatic hydroxyl groups excluding tert-OH is 1. The number of thiazole rings is 1. The van der Waals surface area contributed by atoms with Crippen molar-refractivity contribution < 1.29 is 5.11 Å². The van der Waals surface area contributed by atoms with E-state index in [1.165, 1.54) is 11.3 Å². The van der Waals surface area contributed by atoms with E-state index in [-0.39, 0.29) is 6.61 Å². The molecule has 6 heteroatoms. The van der Waals surface area contributed by atoms with Gasteiger partial charge in [-0.25, -0.2) is 4.98 Å². The second-order valence-corrected chi connectivity index (χ2v) is 7.93. The summed E-state index contributed by atoms with van der Waals surface area (Å²) in [7, 11) is 0. The van der Waals surface area contributed by atoms with Crippen molar-refractivity contribution in [1.29, 1.82) is 0 Å². The molecule has 0 radical (unpaired) electrons. The van der Waals surface area contributed by atoms with Crippen LogP contribution in [0.4, 0.5) is 0 Å². The molecule has 2 aromatic heterocycles. The average Bonchev–Trinajstić information content (AvgIpc) is 3.21. The van der Waals surface area contributed by atoms with Crippen LogP contribution in [0.15, 0.2) is 41.9 Å². The molecular weight excluding hydrogens is 344 g/mol. The molecule has 1 atom stereocenters. The minimum Gasteiger partial charge on any atom is -0.396 e. The summed E-state index contributed by atoms with van der Waals surface area (Å²) in [5.41, 5.74) is 3.76. The van der Waals surface area contributed by atoms with E-state index in [2.05, 4.69) is 68.0 Å². The highest BCUT2D eigenvalue weighted by Gasteiger charge is 2.27. The molecule has 1 N–H and O–H groups in total. The van der Waals surface area contributed by atoms with Crippen LogP contribution in [0.2, 0.25) is 0 Å². The molecule has 1 fully saturated rings. The minimum absolute atomic E-state index is 0.240. The number of aromatic nitrogens is 2. The maximum absolute atomic E-state index is 9.55. The van der Waals surface area contributed by atoms with Gasteiger partial charge in [0.25, 0.3) is 0 Å². The quantitative estimate of drug-likeness (QED) is 0.725. The first-order chi connectivity index (χ1) is 12.7. The van der Waals surface area contributed by atoms with Crippen molar-refractivity contribution in [3.63, 3.8) is 0 Å². The van der Waals surface area contributed by atoms with Crippen molar-refractivity contribution in [2.45, 2.75) is 32.5 Å². The smallest absolute Gasteiger partial charge is 0.194 e. The van der Waals surface area contributed by atoms with Gasteiger partial charge >= 0.3 is 0 Å². The van der Waals surface area contributed by atoms with Crippen LogP contribution in [0, 0.1) is 6.92 Å². The number of nitrogens with zero attached hydrogens (tertiary/aromatic N) is 4. The Labute approximate surface area is 158 Å². The lowest BCUT2D eigenvalue weighted by Crippen LogP contribution is -2.52. The SMILES string of the molecule is Cc1nc2sccn2c1CN1CCN(Cc2ccccc2)[C@@H](CCO)C1. The molecule has 3 heterocycles. The summed E-state index contributed by atoms with van der Waals surface area (Å²) in [4.78, 5) is 10.8. The van der Waals surface area contributed by atoms with Gasteiger partial charge in [0.15, 0.2) is 4.96 Å². The summed E-state index contributed by atoms with van der Waals surface area (Å²) >= 11 is 1.69. The van der Waals surface area contributed by atoms with Crippen molar-refractivity contribution in [1.82, 2.24) is 19.2 Å². The molecule has 1 aliphatic heterocycles. The van der Waals surface area contributed by atoms with E-state index in [9.17, 15) is 5.11 Å². The number of imidazole rings is 1. The van der Waals surface area contributed by atoms with Crippen LogP contribution in [0.3, 0.4) is 0 Å². The van der Waals surface area contributed by atoms with Crippen LogP contribution in [-0.4, -0.2) is 56.6 Å². The molecule has 0 amide bonds. The Morgan fingerprint density at radius 2 is 2.04 bits per heavy atom. The van der Waals surface area contributed by atoms with Crippen LogP contribution >= 0.6 is 11.3 Å². The molecule has 4 rings (SSSR count). The summed E-state index contributed by atoms with van der Waals surface area (Å²) in [5.74, 6) is 0. The second-order valence-electron chi connectivity index (χ2n) is 7.06. The molecule has 1 saturated heterocycles. The van der Waals surface area contributed by atoms with Gasteiger partial charge in [-0.2, -0.15) is 0 Å². The third-order valence-electron chi connectivity index (χ3n) is 5.31. The molecular formula is C20H26N4OS. The zero-order chi connectivity index (χ0) is 17.9. The number of aryl methyl sites for hydroxylation is 1. The van der Waals surface area contributed by atoms with Crippen molar-refractivity contribution in [2.24, 2.45) is 0 Å². The number of fused-ring (bicyclic) bond motifs is 1. The lowest BCUT2D eigenvalue weighted by Gasteiger charge is -2.41. The number of piperazine rings is 1. The van der Waals surface area contributed by atoms with Crippen molar-refractivity contribution in [3.05, 3.63) is 58.9 Å². The molecule has 0 saturated carbocycles. The summed E-state index contributed by atoms with van der Waals surface area (Å²) in [5, 5.41) is 11.6. The Kier molecular flexibility index (Phi) is 5.36. The maximum atomic E-state index is 9.55. The summed E-state index contributed by atoms with van der Waals surface area (Å²) in [6, 6.07) is 11.0. The molecule has 26 heavy (non-hydrogen) atoms. The van der Waals surface area contributed by atoms with Gasteiger partial charge in [0.1, 0.15) is 0 Å². The highest BCUT2D eigenvalue weighted by molar-refractivity contribution is 7.15. The lowest BCUT2D eigenvalue weighted by molar-refractivity contribution is 0.0492.